The molecular formula is C40H38N2S4Sn2. The molecule has 0 heterocycles. The van der Waals surface area contributed by atoms with E-state index in [9.17, 15) is 0 Å². The molecule has 0 aliphatic carbocycles. The average molecular weight is 912 g/mol. The topological polar surface area (TPSA) is 52.0 Å². The molecule has 48 heavy (non-hydrogen) atoms. The predicted octanol–water partition coefficient (Wildman–Crippen LogP) is 5.35. The molecular weight excluding hydrogens is 874 g/mol. The van der Waals surface area contributed by atoms with Crippen LogP contribution in [0.4, 0.5) is 0 Å². The Morgan fingerprint density at radius 1 is 0.354 bits per heavy atom. The number of rotatable bonds is 9. The molecule has 6 aromatic rings. The maximum absolute atomic E-state index is 5.23. The zero-order chi connectivity index (χ0) is 33.8. The SMILES string of the molecule is NC(=S)SCCSC(N)=S.c1cc[c]([Sn]([c]2ccccc2)[c]2ccccc2)cc1.c1cc[c]([Sn]([c]2ccccc2)[c]2ccccc2)cc1. The Hall–Kier alpha value is -2.60. The van der Waals surface area contributed by atoms with Crippen LogP contribution in [0.2, 0.25) is 0 Å². The minimum absolute atomic E-state index is 0.475. The second-order valence-electron chi connectivity index (χ2n) is 10.3. The number of hydrogen-bond acceptors (Lipinski definition) is 4. The summed E-state index contributed by atoms with van der Waals surface area (Å²) >= 11 is 8.21. The van der Waals surface area contributed by atoms with Crippen LogP contribution in [0.15, 0.2) is 182 Å². The quantitative estimate of drug-likeness (QED) is 0.116. The van der Waals surface area contributed by atoms with Gasteiger partial charge in [0.15, 0.2) is 0 Å². The van der Waals surface area contributed by atoms with E-state index in [-0.39, 0.29) is 0 Å². The van der Waals surface area contributed by atoms with Crippen LogP contribution in [0, 0.1) is 0 Å². The second-order valence-corrected chi connectivity index (χ2v) is 28.1. The molecule has 6 aromatic carbocycles. The first kappa shape index (κ1) is 38.2. The molecule has 0 aliphatic rings. The van der Waals surface area contributed by atoms with Crippen LogP contribution in [0.25, 0.3) is 0 Å². The fourth-order valence-electron chi connectivity index (χ4n) is 4.91. The van der Waals surface area contributed by atoms with Crippen molar-refractivity contribution < 1.29 is 0 Å². The Bertz CT molecular complexity index is 1440. The molecule has 240 valence electrons. The van der Waals surface area contributed by atoms with Gasteiger partial charge in [-0.05, 0) is 0 Å². The first-order valence-corrected chi connectivity index (χ1v) is 26.8. The molecule has 8 heteroatoms. The molecule has 0 spiro atoms. The first-order chi connectivity index (χ1) is 23.5. The van der Waals surface area contributed by atoms with Crippen molar-refractivity contribution in [2.24, 2.45) is 11.5 Å². The van der Waals surface area contributed by atoms with E-state index in [0.29, 0.717) is 8.64 Å². The third kappa shape index (κ3) is 13.4. The molecule has 6 rings (SSSR count). The summed E-state index contributed by atoms with van der Waals surface area (Å²) in [6.07, 6.45) is 0. The number of thiocarbonyl (C=S) groups is 2. The molecule has 0 saturated heterocycles. The van der Waals surface area contributed by atoms with Gasteiger partial charge in [-0.15, -0.1) is 0 Å². The molecule has 0 saturated carbocycles. The van der Waals surface area contributed by atoms with Crippen LogP contribution in [0.1, 0.15) is 0 Å². The molecule has 0 unspecified atom stereocenters. The molecule has 0 atom stereocenters. The predicted molar refractivity (Wildman–Crippen MR) is 226 cm³/mol. The Balaban J connectivity index is 0.000000172. The first-order valence-electron chi connectivity index (χ1n) is 15.4. The van der Waals surface area contributed by atoms with Gasteiger partial charge in [0.05, 0.1) is 0 Å². The van der Waals surface area contributed by atoms with Crippen molar-refractivity contribution in [2.75, 3.05) is 11.5 Å². The van der Waals surface area contributed by atoms with Gasteiger partial charge in [-0.3, -0.25) is 0 Å². The van der Waals surface area contributed by atoms with E-state index in [2.05, 4.69) is 206 Å². The van der Waals surface area contributed by atoms with Gasteiger partial charge in [-0.2, -0.15) is 0 Å². The van der Waals surface area contributed by atoms with Crippen molar-refractivity contribution in [2.45, 2.75) is 0 Å². The Labute approximate surface area is 319 Å². The third-order valence-corrected chi connectivity index (χ3v) is 24.9. The van der Waals surface area contributed by atoms with Crippen LogP contribution in [0.3, 0.4) is 0 Å². The molecule has 0 aromatic heterocycles. The van der Waals surface area contributed by atoms with Gasteiger partial charge in [-0.25, -0.2) is 0 Å². The van der Waals surface area contributed by atoms with Crippen molar-refractivity contribution in [3.8, 4) is 0 Å². The Kier molecular flexibility index (Phi) is 17.7. The number of thioether (sulfide) groups is 2. The summed E-state index contributed by atoms with van der Waals surface area (Å²) in [4.78, 5) is 0. The summed E-state index contributed by atoms with van der Waals surface area (Å²) < 4.78 is 10.1. The van der Waals surface area contributed by atoms with Crippen LogP contribution in [0.5, 0.6) is 0 Å². The van der Waals surface area contributed by atoms with E-state index in [1.165, 1.54) is 45.0 Å². The van der Waals surface area contributed by atoms with Gasteiger partial charge >= 0.3 is 243 Å². The van der Waals surface area contributed by atoms with Gasteiger partial charge in [0.1, 0.15) is 8.64 Å². The van der Waals surface area contributed by atoms with Crippen molar-refractivity contribution in [3.05, 3.63) is 182 Å². The summed E-state index contributed by atoms with van der Waals surface area (Å²) in [5, 5.41) is 0. The zero-order valence-electron chi connectivity index (χ0n) is 26.5. The van der Waals surface area contributed by atoms with E-state index in [4.69, 9.17) is 11.5 Å². The zero-order valence-corrected chi connectivity index (χ0v) is 35.5. The van der Waals surface area contributed by atoms with Crippen molar-refractivity contribution in [1.29, 1.82) is 0 Å². The number of hydrogen-bond donors (Lipinski definition) is 2. The molecule has 0 amide bonds. The molecule has 4 N–H and O–H groups in total. The molecule has 0 fully saturated rings. The number of nitrogens with two attached hydrogens (primary N) is 2. The van der Waals surface area contributed by atoms with E-state index >= 15 is 0 Å². The normalized spacial score (nSPS) is 10.3. The summed E-state index contributed by atoms with van der Waals surface area (Å²) in [5.41, 5.74) is 10.5. The van der Waals surface area contributed by atoms with Gasteiger partial charge in [0.2, 0.25) is 0 Å². The van der Waals surface area contributed by atoms with Crippen LogP contribution >= 0.6 is 48.0 Å². The van der Waals surface area contributed by atoms with E-state index in [1.807, 2.05) is 0 Å². The van der Waals surface area contributed by atoms with Crippen LogP contribution < -0.4 is 32.9 Å². The molecule has 0 bridgehead atoms. The van der Waals surface area contributed by atoms with Crippen molar-refractivity contribution in [3.63, 3.8) is 0 Å². The van der Waals surface area contributed by atoms with Gasteiger partial charge in [0.25, 0.3) is 0 Å². The van der Waals surface area contributed by atoms with Crippen molar-refractivity contribution in [1.82, 2.24) is 0 Å². The van der Waals surface area contributed by atoms with Crippen LogP contribution in [-0.2, 0) is 0 Å². The fourth-order valence-corrected chi connectivity index (χ4v) is 21.2. The third-order valence-electron chi connectivity index (χ3n) is 6.95. The second kappa shape index (κ2) is 22.2. The van der Waals surface area contributed by atoms with E-state index in [1.54, 1.807) is 0 Å². The maximum atomic E-state index is 5.23. The Morgan fingerprint density at radius 2 is 0.521 bits per heavy atom. The average Bonchev–Trinajstić information content (AvgIpc) is 3.14. The summed E-state index contributed by atoms with van der Waals surface area (Å²) in [6, 6.07) is 65.9. The van der Waals surface area contributed by atoms with E-state index < -0.39 is 39.5 Å². The standard InChI is InChI=1S/6C6H5.C4H8N2S4.2Sn/c6*1-2-4-6-5-3-1;5-3(7)9-1-2-10-4(6)8;;/h6*1-5H;1-2H2,(H2,5,7)(H2,6,8);;. The summed E-state index contributed by atoms with van der Waals surface area (Å²) in [6.45, 7) is 0. The van der Waals surface area contributed by atoms with Crippen molar-refractivity contribution >= 4 is 118 Å². The monoisotopic (exact) mass is 914 g/mol. The summed E-state index contributed by atoms with van der Waals surface area (Å²) in [7, 11) is 0. The molecule has 2 radical (unpaired) electrons. The molecule has 2 nitrogen and oxygen atoms in total. The minimum atomic E-state index is -1.98. The number of benzene rings is 6. The fraction of sp³-hybridized carbons (Fsp3) is 0.0500. The Morgan fingerprint density at radius 3 is 0.667 bits per heavy atom. The van der Waals surface area contributed by atoms with Crippen LogP contribution in [-0.4, -0.2) is 59.7 Å². The van der Waals surface area contributed by atoms with Gasteiger partial charge < -0.3 is 11.5 Å². The van der Waals surface area contributed by atoms with E-state index in [0.717, 1.165) is 11.5 Å². The van der Waals surface area contributed by atoms with Gasteiger partial charge in [0, 0.05) is 11.5 Å². The summed E-state index contributed by atoms with van der Waals surface area (Å²) in [5.74, 6) is 1.74. The van der Waals surface area contributed by atoms with Gasteiger partial charge in [-0.1, -0.05) is 48.0 Å². The molecule has 0 aliphatic heterocycles.